The summed E-state index contributed by atoms with van der Waals surface area (Å²) in [4.78, 5) is 5.20. The Morgan fingerprint density at radius 1 is 1.35 bits per heavy atom. The van der Waals surface area contributed by atoms with Gasteiger partial charge in [-0.1, -0.05) is 0 Å². The lowest BCUT2D eigenvalue weighted by molar-refractivity contribution is 0.171. The molecule has 1 aliphatic heterocycles. The number of aryl methyl sites for hydroxylation is 1. The van der Waals surface area contributed by atoms with Crippen molar-refractivity contribution in [3.63, 3.8) is 0 Å². The number of aromatic nitrogens is 1. The lowest BCUT2D eigenvalue weighted by atomic mass is 10.2. The summed E-state index contributed by atoms with van der Waals surface area (Å²) in [5, 5.41) is 5.46. The average Bonchev–Trinajstić information content (AvgIpc) is 2.84. The van der Waals surface area contributed by atoms with Crippen LogP contribution in [0, 0.1) is 0 Å². The molecule has 20 heavy (non-hydrogen) atoms. The van der Waals surface area contributed by atoms with Crippen LogP contribution in [-0.4, -0.2) is 22.9 Å². The van der Waals surface area contributed by atoms with Gasteiger partial charge in [-0.05, 0) is 24.4 Å². The molecule has 2 heterocycles. The van der Waals surface area contributed by atoms with Crippen molar-refractivity contribution in [1.29, 1.82) is 0 Å². The first-order valence-corrected chi connectivity index (χ1v) is 7.37. The number of hydrogen-bond donors (Lipinski definition) is 1. The smallest absolute Gasteiger partial charge is 0.199 e. The summed E-state index contributed by atoms with van der Waals surface area (Å²) in [6.45, 7) is 1.15. The van der Waals surface area contributed by atoms with E-state index in [2.05, 4.69) is 10.3 Å². The molecule has 0 amide bonds. The summed E-state index contributed by atoms with van der Waals surface area (Å²) in [5.41, 5.74) is 0.835. The van der Waals surface area contributed by atoms with Gasteiger partial charge >= 0.3 is 0 Å². The maximum absolute atomic E-state index is 5.53. The lowest BCUT2D eigenvalue weighted by Gasteiger charge is -2.18. The summed E-state index contributed by atoms with van der Waals surface area (Å²) < 4.78 is 12.9. The van der Waals surface area contributed by atoms with E-state index in [1.165, 1.54) is 11.3 Å². The summed E-state index contributed by atoms with van der Waals surface area (Å²) >= 11 is 6.78. The Hall–Kier alpha value is -1.86. The van der Waals surface area contributed by atoms with E-state index in [4.69, 9.17) is 21.7 Å². The molecule has 0 radical (unpaired) electrons. The lowest BCUT2D eigenvalue weighted by Crippen LogP contribution is -2.17. The molecule has 0 atom stereocenters. The third-order valence-electron chi connectivity index (χ3n) is 2.75. The van der Waals surface area contributed by atoms with Gasteiger partial charge in [-0.25, -0.2) is 0 Å². The van der Waals surface area contributed by atoms with E-state index in [9.17, 15) is 0 Å². The molecule has 7 heteroatoms. The van der Waals surface area contributed by atoms with E-state index >= 15 is 0 Å². The predicted octanol–water partition coefficient (Wildman–Crippen LogP) is 2.16. The van der Waals surface area contributed by atoms with Crippen LogP contribution >= 0.6 is 23.6 Å². The first-order chi connectivity index (χ1) is 9.72. The highest BCUT2D eigenvalue weighted by Crippen LogP contribution is 2.32. The largest absolute Gasteiger partial charge is 0.486 e. The average molecular weight is 307 g/mol. The second-order valence-electron chi connectivity index (χ2n) is 4.20. The van der Waals surface area contributed by atoms with Gasteiger partial charge in [0, 0.05) is 30.4 Å². The van der Waals surface area contributed by atoms with Gasteiger partial charge in [-0.2, -0.15) is 4.99 Å². The van der Waals surface area contributed by atoms with Crippen LogP contribution in [0.4, 0.5) is 5.69 Å². The Morgan fingerprint density at radius 2 is 2.15 bits per heavy atom. The van der Waals surface area contributed by atoms with Crippen LogP contribution in [0.2, 0.25) is 0 Å². The zero-order chi connectivity index (χ0) is 13.9. The topological polar surface area (TPSA) is 47.8 Å². The number of hydrogen-bond acceptors (Lipinski definition) is 4. The third kappa shape index (κ3) is 2.83. The van der Waals surface area contributed by atoms with E-state index in [-0.39, 0.29) is 0 Å². The van der Waals surface area contributed by atoms with Crippen molar-refractivity contribution in [2.24, 2.45) is 12.0 Å². The molecule has 1 aromatic carbocycles. The Kier molecular flexibility index (Phi) is 3.70. The highest BCUT2D eigenvalue weighted by atomic mass is 32.1. The molecule has 0 saturated heterocycles. The van der Waals surface area contributed by atoms with Crippen molar-refractivity contribution in [3.05, 3.63) is 34.6 Å². The minimum absolute atomic E-state index is 0.416. The summed E-state index contributed by atoms with van der Waals surface area (Å²) in [6.07, 6.45) is 1.94. The van der Waals surface area contributed by atoms with Gasteiger partial charge in [0.05, 0.1) is 0 Å². The van der Waals surface area contributed by atoms with E-state index in [0.29, 0.717) is 18.3 Å². The van der Waals surface area contributed by atoms with Crippen LogP contribution in [0.3, 0.4) is 0 Å². The minimum Gasteiger partial charge on any atom is -0.486 e. The van der Waals surface area contributed by atoms with Crippen LogP contribution in [0.5, 0.6) is 11.5 Å². The first kappa shape index (κ1) is 13.1. The van der Waals surface area contributed by atoms with Crippen LogP contribution < -0.4 is 19.6 Å². The fourth-order valence-electron chi connectivity index (χ4n) is 1.79. The highest BCUT2D eigenvalue weighted by Gasteiger charge is 2.11. The fraction of sp³-hybridized carbons (Fsp3) is 0.231. The first-order valence-electron chi connectivity index (χ1n) is 6.08. The molecule has 5 nitrogen and oxygen atoms in total. The van der Waals surface area contributed by atoms with Crippen molar-refractivity contribution >= 4 is 34.4 Å². The molecule has 1 N–H and O–H groups in total. The van der Waals surface area contributed by atoms with Gasteiger partial charge in [0.2, 0.25) is 0 Å². The number of anilines is 1. The maximum Gasteiger partial charge on any atom is 0.199 e. The van der Waals surface area contributed by atoms with E-state index < -0.39 is 0 Å². The molecule has 2 aromatic rings. The Balaban J connectivity index is 1.78. The second-order valence-corrected chi connectivity index (χ2v) is 5.46. The number of fused-ring (bicyclic) bond motifs is 1. The number of rotatable bonds is 1. The summed E-state index contributed by atoms with van der Waals surface area (Å²) in [5.74, 6) is 1.49. The monoisotopic (exact) mass is 307 g/mol. The van der Waals surface area contributed by atoms with E-state index in [1.54, 1.807) is 0 Å². The molecule has 0 aliphatic carbocycles. The highest BCUT2D eigenvalue weighted by molar-refractivity contribution is 7.80. The van der Waals surface area contributed by atoms with Gasteiger partial charge in [-0.15, -0.1) is 11.3 Å². The van der Waals surface area contributed by atoms with Crippen molar-refractivity contribution in [1.82, 2.24) is 4.57 Å². The van der Waals surface area contributed by atoms with Crippen molar-refractivity contribution < 1.29 is 9.47 Å². The molecule has 1 aliphatic rings. The second kappa shape index (κ2) is 5.64. The van der Waals surface area contributed by atoms with Crippen molar-refractivity contribution in [2.45, 2.75) is 0 Å². The number of thiocarbonyl (C=S) groups is 1. The van der Waals surface area contributed by atoms with Gasteiger partial charge in [-0.3, -0.25) is 0 Å². The zero-order valence-electron chi connectivity index (χ0n) is 10.8. The third-order valence-corrected chi connectivity index (χ3v) is 3.79. The molecule has 0 fully saturated rings. The maximum atomic E-state index is 5.53. The van der Waals surface area contributed by atoms with Gasteiger partial charge in [0.25, 0.3) is 0 Å². The molecule has 0 saturated carbocycles. The Bertz CT molecular complexity index is 706. The quantitative estimate of drug-likeness (QED) is 0.820. The van der Waals surface area contributed by atoms with Crippen molar-refractivity contribution in [3.8, 4) is 11.5 Å². The fourth-order valence-corrected chi connectivity index (χ4v) is 2.79. The van der Waals surface area contributed by atoms with Gasteiger partial charge in [0.1, 0.15) is 13.2 Å². The molecular formula is C13H13N3O2S2. The molecule has 1 aromatic heterocycles. The van der Waals surface area contributed by atoms with Crippen LogP contribution in [0.1, 0.15) is 0 Å². The number of ether oxygens (including phenoxy) is 2. The summed E-state index contributed by atoms with van der Waals surface area (Å²) in [7, 11) is 1.93. The van der Waals surface area contributed by atoms with Crippen LogP contribution in [-0.2, 0) is 7.05 Å². The van der Waals surface area contributed by atoms with Gasteiger partial charge < -0.3 is 19.4 Å². The molecule has 104 valence electrons. The normalized spacial score (nSPS) is 14.2. The SMILES string of the molecule is Cn1ccs/c1=N\C(=S)Nc1ccc2c(c1)OCCO2. The van der Waals surface area contributed by atoms with Crippen LogP contribution in [0.25, 0.3) is 0 Å². The van der Waals surface area contributed by atoms with Crippen molar-refractivity contribution in [2.75, 3.05) is 18.5 Å². The Labute approximate surface area is 125 Å². The Morgan fingerprint density at radius 3 is 2.90 bits per heavy atom. The van der Waals surface area contributed by atoms with E-state index in [1.807, 2.05) is 41.4 Å². The van der Waals surface area contributed by atoms with Crippen LogP contribution in [0.15, 0.2) is 34.8 Å². The number of benzene rings is 1. The minimum atomic E-state index is 0.416. The van der Waals surface area contributed by atoms with Gasteiger partial charge in [0.15, 0.2) is 21.4 Å². The number of thiazole rings is 1. The number of nitrogens with one attached hydrogen (secondary N) is 1. The molecular weight excluding hydrogens is 294 g/mol. The standard InChI is InChI=1S/C13H13N3O2S2/c1-16-4-7-20-13(16)15-12(19)14-9-2-3-10-11(8-9)18-6-5-17-10/h2-4,7-8H,5-6H2,1H3,(H,14,19)/b15-13-. The molecule has 0 unspecified atom stereocenters. The number of nitrogens with zero attached hydrogens (tertiary/aromatic N) is 2. The predicted molar refractivity (Wildman–Crippen MR) is 82.5 cm³/mol. The molecule has 0 bridgehead atoms. The summed E-state index contributed by atoms with van der Waals surface area (Å²) in [6, 6.07) is 5.62. The van der Waals surface area contributed by atoms with E-state index in [0.717, 1.165) is 22.0 Å². The zero-order valence-corrected chi connectivity index (χ0v) is 12.5. The molecule has 3 rings (SSSR count). The molecule has 0 spiro atoms.